The predicted molar refractivity (Wildman–Crippen MR) is 80.6 cm³/mol. The SMILES string of the molecule is CCN(Cc1cn2ccsc2n1)c1ccccc1N. The summed E-state index contributed by atoms with van der Waals surface area (Å²) < 4.78 is 2.06. The van der Waals surface area contributed by atoms with E-state index in [4.69, 9.17) is 5.73 Å². The Balaban J connectivity index is 1.87. The van der Waals surface area contributed by atoms with Crippen LogP contribution in [0, 0.1) is 0 Å². The van der Waals surface area contributed by atoms with Gasteiger partial charge in [0.25, 0.3) is 0 Å². The quantitative estimate of drug-likeness (QED) is 0.743. The molecule has 0 fully saturated rings. The summed E-state index contributed by atoms with van der Waals surface area (Å²) >= 11 is 1.65. The molecule has 5 heteroatoms. The van der Waals surface area contributed by atoms with Gasteiger partial charge in [0.05, 0.1) is 23.6 Å². The number of thiazole rings is 1. The number of aromatic nitrogens is 2. The maximum absolute atomic E-state index is 6.04. The van der Waals surface area contributed by atoms with Gasteiger partial charge in [-0.2, -0.15) is 0 Å². The lowest BCUT2D eigenvalue weighted by molar-refractivity contribution is 0.817. The molecule has 2 N–H and O–H groups in total. The summed E-state index contributed by atoms with van der Waals surface area (Å²) in [4.78, 5) is 7.89. The van der Waals surface area contributed by atoms with E-state index < -0.39 is 0 Å². The van der Waals surface area contributed by atoms with E-state index in [-0.39, 0.29) is 0 Å². The first-order chi connectivity index (χ1) is 9.28. The number of imidazole rings is 1. The molecular formula is C14H16N4S. The summed E-state index contributed by atoms with van der Waals surface area (Å²) in [7, 11) is 0. The Hall–Kier alpha value is -2.01. The molecule has 19 heavy (non-hydrogen) atoms. The van der Waals surface area contributed by atoms with E-state index in [0.717, 1.165) is 35.1 Å². The summed E-state index contributed by atoms with van der Waals surface area (Å²) in [6.07, 6.45) is 4.11. The van der Waals surface area contributed by atoms with Gasteiger partial charge in [-0.3, -0.25) is 4.40 Å². The Labute approximate surface area is 116 Å². The van der Waals surface area contributed by atoms with Gasteiger partial charge in [-0.05, 0) is 19.1 Å². The molecule has 2 heterocycles. The van der Waals surface area contributed by atoms with E-state index in [0.29, 0.717) is 0 Å². The highest BCUT2D eigenvalue weighted by Crippen LogP contribution is 2.24. The summed E-state index contributed by atoms with van der Waals surface area (Å²) in [5.74, 6) is 0. The lowest BCUT2D eigenvalue weighted by Gasteiger charge is -2.23. The summed E-state index contributed by atoms with van der Waals surface area (Å²) in [6.45, 7) is 3.81. The van der Waals surface area contributed by atoms with E-state index in [9.17, 15) is 0 Å². The van der Waals surface area contributed by atoms with Crippen LogP contribution in [0.5, 0.6) is 0 Å². The Morgan fingerprint density at radius 2 is 2.21 bits per heavy atom. The number of hydrogen-bond donors (Lipinski definition) is 1. The molecule has 2 aromatic heterocycles. The minimum Gasteiger partial charge on any atom is -0.397 e. The molecule has 0 aliphatic rings. The van der Waals surface area contributed by atoms with Gasteiger partial charge in [0, 0.05) is 24.3 Å². The Morgan fingerprint density at radius 1 is 1.37 bits per heavy atom. The smallest absolute Gasteiger partial charge is 0.193 e. The van der Waals surface area contributed by atoms with Gasteiger partial charge in [-0.1, -0.05) is 12.1 Å². The van der Waals surface area contributed by atoms with Crippen molar-refractivity contribution in [2.24, 2.45) is 0 Å². The van der Waals surface area contributed by atoms with Gasteiger partial charge in [-0.15, -0.1) is 11.3 Å². The number of hydrogen-bond acceptors (Lipinski definition) is 4. The van der Waals surface area contributed by atoms with E-state index in [1.54, 1.807) is 11.3 Å². The lowest BCUT2D eigenvalue weighted by atomic mass is 10.2. The van der Waals surface area contributed by atoms with Gasteiger partial charge in [0.1, 0.15) is 0 Å². The van der Waals surface area contributed by atoms with Crippen LogP contribution in [-0.4, -0.2) is 15.9 Å². The van der Waals surface area contributed by atoms with Crippen LogP contribution in [0.4, 0.5) is 11.4 Å². The maximum atomic E-state index is 6.04. The van der Waals surface area contributed by atoms with Crippen LogP contribution in [0.3, 0.4) is 0 Å². The lowest BCUT2D eigenvalue weighted by Crippen LogP contribution is -2.23. The molecule has 98 valence electrons. The summed E-state index contributed by atoms with van der Waals surface area (Å²) in [5.41, 5.74) is 8.99. The fraction of sp³-hybridized carbons (Fsp3) is 0.214. The molecule has 0 spiro atoms. The molecule has 0 aliphatic carbocycles. The normalized spacial score (nSPS) is 11.0. The van der Waals surface area contributed by atoms with Crippen LogP contribution < -0.4 is 10.6 Å². The Bertz CT molecular complexity index is 657. The van der Waals surface area contributed by atoms with Gasteiger partial charge in [-0.25, -0.2) is 4.98 Å². The zero-order valence-corrected chi connectivity index (χ0v) is 11.6. The standard InChI is InChI=1S/C14H16N4S/c1-2-17(13-6-4-3-5-12(13)15)9-11-10-18-7-8-19-14(18)16-11/h3-8,10H,2,9,15H2,1H3. The monoisotopic (exact) mass is 272 g/mol. The average Bonchev–Trinajstić information content (AvgIpc) is 2.97. The van der Waals surface area contributed by atoms with Crippen LogP contribution in [0.2, 0.25) is 0 Å². The van der Waals surface area contributed by atoms with Crippen molar-refractivity contribution in [3.63, 3.8) is 0 Å². The minimum atomic E-state index is 0.777. The van der Waals surface area contributed by atoms with E-state index in [2.05, 4.69) is 33.5 Å². The fourth-order valence-electron chi connectivity index (χ4n) is 2.19. The Morgan fingerprint density at radius 3 is 2.95 bits per heavy atom. The van der Waals surface area contributed by atoms with Crippen LogP contribution in [0.15, 0.2) is 42.0 Å². The third-order valence-corrected chi connectivity index (χ3v) is 3.93. The van der Waals surface area contributed by atoms with Crippen LogP contribution >= 0.6 is 11.3 Å². The summed E-state index contributed by atoms with van der Waals surface area (Å²) in [5, 5.41) is 2.04. The third kappa shape index (κ3) is 2.29. The zero-order chi connectivity index (χ0) is 13.2. The van der Waals surface area contributed by atoms with Crippen molar-refractivity contribution in [2.45, 2.75) is 13.5 Å². The second-order valence-corrected chi connectivity index (χ2v) is 5.27. The largest absolute Gasteiger partial charge is 0.397 e. The summed E-state index contributed by atoms with van der Waals surface area (Å²) in [6, 6.07) is 7.96. The second kappa shape index (κ2) is 4.93. The minimum absolute atomic E-state index is 0.777. The molecule has 3 aromatic rings. The van der Waals surface area contributed by atoms with E-state index in [1.165, 1.54) is 0 Å². The number of benzene rings is 1. The predicted octanol–water partition coefficient (Wildman–Crippen LogP) is 3.00. The van der Waals surface area contributed by atoms with Crippen molar-refractivity contribution in [1.29, 1.82) is 0 Å². The molecule has 0 radical (unpaired) electrons. The van der Waals surface area contributed by atoms with Crippen LogP contribution in [0.25, 0.3) is 4.96 Å². The number of nitrogens with two attached hydrogens (primary N) is 1. The van der Waals surface area contributed by atoms with Crippen molar-refractivity contribution in [1.82, 2.24) is 9.38 Å². The molecule has 4 nitrogen and oxygen atoms in total. The fourth-order valence-corrected chi connectivity index (χ4v) is 2.91. The highest BCUT2D eigenvalue weighted by Gasteiger charge is 2.10. The first kappa shape index (κ1) is 12.0. The molecule has 0 unspecified atom stereocenters. The Kier molecular flexibility index (Phi) is 3.13. The van der Waals surface area contributed by atoms with Crippen molar-refractivity contribution in [3.8, 4) is 0 Å². The van der Waals surface area contributed by atoms with Crippen molar-refractivity contribution < 1.29 is 0 Å². The number of nitrogens with zero attached hydrogens (tertiary/aromatic N) is 3. The molecule has 0 bridgehead atoms. The van der Waals surface area contributed by atoms with E-state index in [1.807, 2.05) is 29.8 Å². The van der Waals surface area contributed by atoms with E-state index >= 15 is 0 Å². The second-order valence-electron chi connectivity index (χ2n) is 4.40. The van der Waals surface area contributed by atoms with Crippen molar-refractivity contribution in [3.05, 3.63) is 47.7 Å². The zero-order valence-electron chi connectivity index (χ0n) is 10.8. The molecule has 0 amide bonds. The number of fused-ring (bicyclic) bond motifs is 1. The average molecular weight is 272 g/mol. The first-order valence-electron chi connectivity index (χ1n) is 6.28. The maximum Gasteiger partial charge on any atom is 0.193 e. The molecule has 3 rings (SSSR count). The number of para-hydroxylation sites is 2. The molecular weight excluding hydrogens is 256 g/mol. The van der Waals surface area contributed by atoms with Gasteiger partial charge >= 0.3 is 0 Å². The highest BCUT2D eigenvalue weighted by atomic mass is 32.1. The number of anilines is 2. The molecule has 0 saturated heterocycles. The first-order valence-corrected chi connectivity index (χ1v) is 7.16. The highest BCUT2D eigenvalue weighted by molar-refractivity contribution is 7.15. The molecule has 0 atom stereocenters. The molecule has 0 saturated carbocycles. The van der Waals surface area contributed by atoms with Crippen LogP contribution in [0.1, 0.15) is 12.6 Å². The van der Waals surface area contributed by atoms with Crippen molar-refractivity contribution in [2.75, 3.05) is 17.2 Å². The van der Waals surface area contributed by atoms with Gasteiger partial charge < -0.3 is 10.6 Å². The molecule has 1 aromatic carbocycles. The molecule has 0 aliphatic heterocycles. The third-order valence-electron chi connectivity index (χ3n) is 3.16. The van der Waals surface area contributed by atoms with Gasteiger partial charge in [0.15, 0.2) is 4.96 Å². The topological polar surface area (TPSA) is 46.6 Å². The number of rotatable bonds is 4. The van der Waals surface area contributed by atoms with Gasteiger partial charge in [0.2, 0.25) is 0 Å². The number of nitrogen functional groups attached to an aromatic ring is 1. The van der Waals surface area contributed by atoms with Crippen LogP contribution in [-0.2, 0) is 6.54 Å². The van der Waals surface area contributed by atoms with Crippen molar-refractivity contribution >= 4 is 27.7 Å².